The number of amides is 2. The van der Waals surface area contributed by atoms with Crippen LogP contribution in [0.1, 0.15) is 29.5 Å². The number of hydrogen-bond donors (Lipinski definition) is 1. The summed E-state index contributed by atoms with van der Waals surface area (Å²) < 4.78 is 1.16. The van der Waals surface area contributed by atoms with Gasteiger partial charge < -0.3 is 10.2 Å². The van der Waals surface area contributed by atoms with Gasteiger partial charge in [-0.05, 0) is 49.6 Å². The molecule has 1 aromatic heterocycles. The van der Waals surface area contributed by atoms with Gasteiger partial charge in [-0.25, -0.2) is 4.98 Å². The molecule has 1 aliphatic heterocycles. The number of thiazole rings is 1. The van der Waals surface area contributed by atoms with Gasteiger partial charge >= 0.3 is 0 Å². The minimum absolute atomic E-state index is 0.0571. The number of nitrogens with one attached hydrogen (secondary N) is 1. The van der Waals surface area contributed by atoms with Crippen LogP contribution >= 0.6 is 23.1 Å². The van der Waals surface area contributed by atoms with Gasteiger partial charge in [-0.3, -0.25) is 9.59 Å². The number of thioether (sulfide) groups is 1. The van der Waals surface area contributed by atoms with Crippen molar-refractivity contribution in [2.75, 3.05) is 23.4 Å². The lowest BCUT2D eigenvalue weighted by atomic mass is 10.2. The molecule has 7 heteroatoms. The van der Waals surface area contributed by atoms with E-state index in [1.54, 1.807) is 11.3 Å². The van der Waals surface area contributed by atoms with E-state index in [1.165, 1.54) is 11.8 Å². The highest BCUT2D eigenvalue weighted by Gasteiger charge is 2.32. The molecule has 5 nitrogen and oxygen atoms in total. The molecule has 0 aliphatic carbocycles. The van der Waals surface area contributed by atoms with Crippen molar-refractivity contribution in [3.05, 3.63) is 59.1 Å². The molecule has 29 heavy (non-hydrogen) atoms. The second kappa shape index (κ2) is 8.97. The summed E-state index contributed by atoms with van der Waals surface area (Å²) >= 11 is 3.03. The summed E-state index contributed by atoms with van der Waals surface area (Å²) in [6, 6.07) is 15.8. The summed E-state index contributed by atoms with van der Waals surface area (Å²) in [5.41, 5.74) is 2.88. The van der Waals surface area contributed by atoms with E-state index < -0.39 is 0 Å². The maximum Gasteiger partial charge on any atom is 0.234 e. The number of aromatic nitrogens is 1. The molecule has 0 bridgehead atoms. The van der Waals surface area contributed by atoms with E-state index in [0.717, 1.165) is 45.9 Å². The largest absolute Gasteiger partial charge is 0.333 e. The number of carbonyl (C=O) groups excluding carboxylic acids is 2. The molecule has 1 N–H and O–H groups in total. The topological polar surface area (TPSA) is 62.3 Å². The molecular formula is C22H23N3O2S2. The average Bonchev–Trinajstić information content (AvgIpc) is 3.34. The average molecular weight is 426 g/mol. The highest BCUT2D eigenvalue weighted by atomic mass is 32.2. The first kappa shape index (κ1) is 19.9. The van der Waals surface area contributed by atoms with Crippen LogP contribution in [0.2, 0.25) is 0 Å². The first-order valence-corrected chi connectivity index (χ1v) is 11.7. The highest BCUT2D eigenvalue weighted by Crippen LogP contribution is 2.36. The standard InChI is InChI=1S/C22H23N3O2S2/c1-15-6-4-7-16(12-15)23-20(26)13-28-14-21(27)25-11-5-9-18(25)22-24-17-8-2-3-10-19(17)29-22/h2-4,6-8,10,12,18H,5,9,11,13-14H2,1H3,(H,23,26). The Morgan fingerprint density at radius 3 is 2.90 bits per heavy atom. The Morgan fingerprint density at radius 2 is 2.07 bits per heavy atom. The van der Waals surface area contributed by atoms with Crippen molar-refractivity contribution in [2.45, 2.75) is 25.8 Å². The molecule has 2 aromatic carbocycles. The van der Waals surface area contributed by atoms with Crippen molar-refractivity contribution in [1.82, 2.24) is 9.88 Å². The van der Waals surface area contributed by atoms with Crippen LogP contribution in [-0.4, -0.2) is 39.7 Å². The summed E-state index contributed by atoms with van der Waals surface area (Å²) in [4.78, 5) is 31.6. The van der Waals surface area contributed by atoms with Gasteiger partial charge in [0.25, 0.3) is 0 Å². The smallest absolute Gasteiger partial charge is 0.234 e. The van der Waals surface area contributed by atoms with E-state index in [1.807, 2.05) is 54.3 Å². The number of rotatable bonds is 6. The number of hydrogen-bond acceptors (Lipinski definition) is 5. The van der Waals surface area contributed by atoms with Gasteiger partial charge in [0, 0.05) is 12.2 Å². The normalized spacial score (nSPS) is 16.3. The third-order valence-corrected chi connectivity index (χ3v) is 6.98. The summed E-state index contributed by atoms with van der Waals surface area (Å²) in [6.45, 7) is 2.75. The zero-order chi connectivity index (χ0) is 20.2. The SMILES string of the molecule is Cc1cccc(NC(=O)CSCC(=O)N2CCCC2c2nc3ccccc3s2)c1. The van der Waals surface area contributed by atoms with Crippen LogP contribution in [0, 0.1) is 6.92 Å². The summed E-state index contributed by atoms with van der Waals surface area (Å²) in [6.07, 6.45) is 1.94. The first-order valence-electron chi connectivity index (χ1n) is 9.69. The predicted molar refractivity (Wildman–Crippen MR) is 120 cm³/mol. The molecule has 2 amide bonds. The van der Waals surface area contributed by atoms with Crippen LogP contribution in [0.25, 0.3) is 10.2 Å². The van der Waals surface area contributed by atoms with Crippen LogP contribution in [0.5, 0.6) is 0 Å². The molecular weight excluding hydrogens is 402 g/mol. The lowest BCUT2D eigenvalue weighted by molar-refractivity contribution is -0.129. The second-order valence-electron chi connectivity index (χ2n) is 7.18. The minimum Gasteiger partial charge on any atom is -0.333 e. The van der Waals surface area contributed by atoms with Gasteiger partial charge in [0.1, 0.15) is 5.01 Å². The number of carbonyl (C=O) groups is 2. The summed E-state index contributed by atoms with van der Waals surface area (Å²) in [5.74, 6) is 0.569. The van der Waals surface area contributed by atoms with Crippen LogP contribution in [0.4, 0.5) is 5.69 Å². The van der Waals surface area contributed by atoms with Crippen molar-refractivity contribution in [1.29, 1.82) is 0 Å². The van der Waals surface area contributed by atoms with Gasteiger partial charge in [-0.2, -0.15) is 0 Å². The van der Waals surface area contributed by atoms with E-state index in [9.17, 15) is 9.59 Å². The molecule has 1 atom stereocenters. The highest BCUT2D eigenvalue weighted by molar-refractivity contribution is 8.00. The first-order chi connectivity index (χ1) is 14.1. The quantitative estimate of drug-likeness (QED) is 0.625. The Hall–Kier alpha value is -2.38. The Morgan fingerprint density at radius 1 is 1.21 bits per heavy atom. The lowest BCUT2D eigenvalue weighted by Crippen LogP contribution is -2.32. The van der Waals surface area contributed by atoms with Crippen molar-refractivity contribution in [3.63, 3.8) is 0 Å². The molecule has 1 fully saturated rings. The summed E-state index contributed by atoms with van der Waals surface area (Å²) in [5, 5.41) is 3.90. The molecule has 0 spiro atoms. The van der Waals surface area contributed by atoms with E-state index in [0.29, 0.717) is 5.75 Å². The van der Waals surface area contributed by atoms with Gasteiger partial charge in [0.05, 0.1) is 27.8 Å². The third-order valence-electron chi connectivity index (χ3n) is 4.93. The third kappa shape index (κ3) is 4.79. The Kier molecular flexibility index (Phi) is 6.16. The number of fused-ring (bicyclic) bond motifs is 1. The van der Waals surface area contributed by atoms with Crippen molar-refractivity contribution < 1.29 is 9.59 Å². The number of benzene rings is 2. The fraction of sp³-hybridized carbons (Fsp3) is 0.318. The van der Waals surface area contributed by atoms with Gasteiger partial charge in [0.2, 0.25) is 11.8 Å². The maximum absolute atomic E-state index is 12.8. The van der Waals surface area contributed by atoms with Crippen molar-refractivity contribution in [2.24, 2.45) is 0 Å². The van der Waals surface area contributed by atoms with Gasteiger partial charge in [0.15, 0.2) is 0 Å². The molecule has 4 rings (SSSR count). The molecule has 1 unspecified atom stereocenters. The van der Waals surface area contributed by atoms with E-state index in [4.69, 9.17) is 4.98 Å². The molecule has 150 valence electrons. The van der Waals surface area contributed by atoms with Crippen molar-refractivity contribution in [3.8, 4) is 0 Å². The Bertz CT molecular complexity index is 1000. The van der Waals surface area contributed by atoms with Crippen LogP contribution < -0.4 is 5.32 Å². The van der Waals surface area contributed by atoms with Crippen molar-refractivity contribution >= 4 is 50.8 Å². The fourth-order valence-corrected chi connectivity index (χ4v) is 5.40. The summed E-state index contributed by atoms with van der Waals surface area (Å²) in [7, 11) is 0. The number of likely N-dealkylation sites (tertiary alicyclic amines) is 1. The minimum atomic E-state index is -0.0856. The maximum atomic E-state index is 12.8. The number of aryl methyl sites for hydroxylation is 1. The number of nitrogens with zero attached hydrogens (tertiary/aromatic N) is 2. The lowest BCUT2D eigenvalue weighted by Gasteiger charge is -2.22. The second-order valence-corrected chi connectivity index (χ2v) is 9.22. The Labute approximate surface area is 178 Å². The van der Waals surface area contributed by atoms with Gasteiger partial charge in [-0.1, -0.05) is 24.3 Å². The molecule has 1 aliphatic rings. The van der Waals surface area contributed by atoms with Crippen LogP contribution in [-0.2, 0) is 9.59 Å². The van der Waals surface area contributed by atoms with E-state index >= 15 is 0 Å². The van der Waals surface area contributed by atoms with Crippen LogP contribution in [0.3, 0.4) is 0 Å². The molecule has 2 heterocycles. The van der Waals surface area contributed by atoms with Gasteiger partial charge in [-0.15, -0.1) is 23.1 Å². The zero-order valence-corrected chi connectivity index (χ0v) is 17.9. The molecule has 0 saturated carbocycles. The molecule has 1 saturated heterocycles. The monoisotopic (exact) mass is 425 g/mol. The number of anilines is 1. The van der Waals surface area contributed by atoms with E-state index in [2.05, 4.69) is 11.4 Å². The molecule has 3 aromatic rings. The predicted octanol–water partition coefficient (Wildman–Crippen LogP) is 4.64. The number of para-hydroxylation sites is 1. The Balaban J connectivity index is 1.31. The zero-order valence-electron chi connectivity index (χ0n) is 16.3. The van der Waals surface area contributed by atoms with E-state index in [-0.39, 0.29) is 23.6 Å². The van der Waals surface area contributed by atoms with Crippen LogP contribution in [0.15, 0.2) is 48.5 Å². The molecule has 0 radical (unpaired) electrons. The fourth-order valence-electron chi connectivity index (χ4n) is 3.59.